The topological polar surface area (TPSA) is 32.7 Å². The standard InChI is InChI=1S/C16H25NO2/c1-12-7-8-14(19-4)13(10-12)11-17-9-5-6-15(18)16(17,2)3/h7-8,10,15,18H,5-6,9,11H2,1-4H3. The number of nitrogens with zero attached hydrogens (tertiary/aromatic N) is 1. The molecule has 0 aliphatic carbocycles. The van der Waals surface area contributed by atoms with E-state index in [1.807, 2.05) is 6.07 Å². The number of aliphatic hydroxyl groups excluding tert-OH is 1. The van der Waals surface area contributed by atoms with Crippen LogP contribution in [0.1, 0.15) is 37.8 Å². The Hall–Kier alpha value is -1.06. The Bertz CT molecular complexity index is 442. The molecule has 0 radical (unpaired) electrons. The number of ether oxygens (including phenoxy) is 1. The maximum atomic E-state index is 10.2. The van der Waals surface area contributed by atoms with Crippen molar-refractivity contribution < 1.29 is 9.84 Å². The number of likely N-dealkylation sites (tertiary alicyclic amines) is 1. The van der Waals surface area contributed by atoms with Gasteiger partial charge < -0.3 is 9.84 Å². The molecule has 1 aromatic carbocycles. The number of rotatable bonds is 3. The molecule has 1 heterocycles. The first-order chi connectivity index (χ1) is 8.95. The molecule has 1 unspecified atom stereocenters. The maximum Gasteiger partial charge on any atom is 0.123 e. The van der Waals surface area contributed by atoms with E-state index in [0.717, 1.165) is 31.7 Å². The molecule has 1 saturated heterocycles. The molecule has 0 saturated carbocycles. The first-order valence-electron chi connectivity index (χ1n) is 7.02. The van der Waals surface area contributed by atoms with Gasteiger partial charge in [0.05, 0.1) is 13.2 Å². The van der Waals surface area contributed by atoms with Crippen molar-refractivity contribution >= 4 is 0 Å². The third-order valence-electron chi connectivity index (χ3n) is 4.33. The Morgan fingerprint density at radius 3 is 2.84 bits per heavy atom. The average Bonchev–Trinajstić information content (AvgIpc) is 2.36. The smallest absolute Gasteiger partial charge is 0.123 e. The molecule has 19 heavy (non-hydrogen) atoms. The zero-order chi connectivity index (χ0) is 14.0. The van der Waals surface area contributed by atoms with Crippen molar-refractivity contribution in [1.82, 2.24) is 4.90 Å². The highest BCUT2D eigenvalue weighted by Crippen LogP contribution is 2.31. The molecule has 106 valence electrons. The van der Waals surface area contributed by atoms with Crippen molar-refractivity contribution in [1.29, 1.82) is 0 Å². The molecule has 3 nitrogen and oxygen atoms in total. The van der Waals surface area contributed by atoms with Gasteiger partial charge in [0.1, 0.15) is 5.75 Å². The predicted octanol–water partition coefficient (Wildman–Crippen LogP) is 2.74. The average molecular weight is 263 g/mol. The van der Waals surface area contributed by atoms with Crippen molar-refractivity contribution in [2.45, 2.75) is 51.8 Å². The summed E-state index contributed by atoms with van der Waals surface area (Å²) in [7, 11) is 1.71. The normalized spacial score (nSPS) is 23.3. The fourth-order valence-corrected chi connectivity index (χ4v) is 2.85. The van der Waals surface area contributed by atoms with Crippen LogP contribution in [0, 0.1) is 6.92 Å². The molecular formula is C16H25NO2. The Kier molecular flexibility index (Phi) is 4.16. The zero-order valence-electron chi connectivity index (χ0n) is 12.4. The summed E-state index contributed by atoms with van der Waals surface area (Å²) >= 11 is 0. The second kappa shape index (κ2) is 5.51. The van der Waals surface area contributed by atoms with Gasteiger partial charge in [0.25, 0.3) is 0 Å². The van der Waals surface area contributed by atoms with E-state index in [-0.39, 0.29) is 11.6 Å². The maximum absolute atomic E-state index is 10.2. The van der Waals surface area contributed by atoms with Crippen LogP contribution in [0.15, 0.2) is 18.2 Å². The lowest BCUT2D eigenvalue weighted by Crippen LogP contribution is -2.55. The van der Waals surface area contributed by atoms with Crippen LogP contribution >= 0.6 is 0 Å². The number of hydrogen-bond donors (Lipinski definition) is 1. The van der Waals surface area contributed by atoms with Crippen LogP contribution in [0.2, 0.25) is 0 Å². The third-order valence-corrected chi connectivity index (χ3v) is 4.33. The van der Waals surface area contributed by atoms with Crippen LogP contribution in [0.5, 0.6) is 5.75 Å². The molecule has 0 aromatic heterocycles. The monoisotopic (exact) mass is 263 g/mol. The molecule has 1 aromatic rings. The summed E-state index contributed by atoms with van der Waals surface area (Å²) in [5.41, 5.74) is 2.27. The predicted molar refractivity (Wildman–Crippen MR) is 77.5 cm³/mol. The lowest BCUT2D eigenvalue weighted by atomic mass is 9.87. The quantitative estimate of drug-likeness (QED) is 0.910. The lowest BCUT2D eigenvalue weighted by molar-refractivity contribution is -0.0483. The van der Waals surface area contributed by atoms with Gasteiger partial charge >= 0.3 is 0 Å². The summed E-state index contributed by atoms with van der Waals surface area (Å²) in [4.78, 5) is 2.36. The number of aryl methyl sites for hydroxylation is 1. The summed E-state index contributed by atoms with van der Waals surface area (Å²) in [6, 6.07) is 6.27. The second-order valence-electron chi connectivity index (χ2n) is 6.05. The van der Waals surface area contributed by atoms with Gasteiger partial charge in [-0.25, -0.2) is 0 Å². The van der Waals surface area contributed by atoms with E-state index < -0.39 is 0 Å². The summed E-state index contributed by atoms with van der Waals surface area (Å²) in [5.74, 6) is 0.932. The summed E-state index contributed by atoms with van der Waals surface area (Å²) in [5, 5.41) is 10.2. The fourth-order valence-electron chi connectivity index (χ4n) is 2.85. The molecule has 1 aliphatic heterocycles. The molecule has 1 N–H and O–H groups in total. The summed E-state index contributed by atoms with van der Waals surface area (Å²) < 4.78 is 5.45. The highest BCUT2D eigenvalue weighted by atomic mass is 16.5. The first-order valence-corrected chi connectivity index (χ1v) is 7.02. The molecule has 1 aliphatic rings. The first kappa shape index (κ1) is 14.4. The Morgan fingerprint density at radius 1 is 1.42 bits per heavy atom. The van der Waals surface area contributed by atoms with E-state index in [1.54, 1.807) is 7.11 Å². The van der Waals surface area contributed by atoms with E-state index in [2.05, 4.69) is 37.8 Å². The molecule has 1 atom stereocenters. The van der Waals surface area contributed by atoms with Crippen LogP contribution in [0.25, 0.3) is 0 Å². The molecule has 2 rings (SSSR count). The van der Waals surface area contributed by atoms with Gasteiger partial charge in [-0.2, -0.15) is 0 Å². The van der Waals surface area contributed by atoms with Crippen LogP contribution in [-0.4, -0.2) is 35.3 Å². The molecule has 3 heteroatoms. The largest absolute Gasteiger partial charge is 0.496 e. The van der Waals surface area contributed by atoms with Crippen molar-refractivity contribution in [3.63, 3.8) is 0 Å². The van der Waals surface area contributed by atoms with Crippen molar-refractivity contribution in [2.75, 3.05) is 13.7 Å². The van der Waals surface area contributed by atoms with Crippen LogP contribution in [0.3, 0.4) is 0 Å². The molecular weight excluding hydrogens is 238 g/mol. The number of methoxy groups -OCH3 is 1. The van der Waals surface area contributed by atoms with E-state index in [1.165, 1.54) is 11.1 Å². The Balaban J connectivity index is 2.22. The van der Waals surface area contributed by atoms with Crippen LogP contribution < -0.4 is 4.74 Å². The Labute approximate surface area is 116 Å². The Morgan fingerprint density at radius 2 is 2.16 bits per heavy atom. The van der Waals surface area contributed by atoms with Gasteiger partial charge in [0, 0.05) is 17.6 Å². The summed E-state index contributed by atoms with van der Waals surface area (Å²) in [6.45, 7) is 8.20. The van der Waals surface area contributed by atoms with E-state index >= 15 is 0 Å². The van der Waals surface area contributed by atoms with Crippen molar-refractivity contribution in [2.24, 2.45) is 0 Å². The molecule has 0 amide bonds. The van der Waals surface area contributed by atoms with Gasteiger partial charge in [-0.15, -0.1) is 0 Å². The number of hydrogen-bond acceptors (Lipinski definition) is 3. The van der Waals surface area contributed by atoms with Gasteiger partial charge in [-0.1, -0.05) is 17.7 Å². The molecule has 1 fully saturated rings. The molecule has 0 spiro atoms. The second-order valence-corrected chi connectivity index (χ2v) is 6.05. The van der Waals surface area contributed by atoms with Gasteiger partial charge in [0.15, 0.2) is 0 Å². The lowest BCUT2D eigenvalue weighted by Gasteiger charge is -2.46. The van der Waals surface area contributed by atoms with Crippen LogP contribution in [0.4, 0.5) is 0 Å². The highest BCUT2D eigenvalue weighted by molar-refractivity contribution is 5.37. The molecule has 0 bridgehead atoms. The fraction of sp³-hybridized carbons (Fsp3) is 0.625. The van der Waals surface area contributed by atoms with Crippen LogP contribution in [-0.2, 0) is 6.54 Å². The minimum absolute atomic E-state index is 0.174. The van der Waals surface area contributed by atoms with Gasteiger partial charge in [-0.3, -0.25) is 4.90 Å². The van der Waals surface area contributed by atoms with Gasteiger partial charge in [0.2, 0.25) is 0 Å². The van der Waals surface area contributed by atoms with E-state index in [9.17, 15) is 5.11 Å². The number of aliphatic hydroxyl groups is 1. The SMILES string of the molecule is COc1ccc(C)cc1CN1CCCC(O)C1(C)C. The third kappa shape index (κ3) is 2.93. The number of benzene rings is 1. The zero-order valence-corrected chi connectivity index (χ0v) is 12.4. The highest BCUT2D eigenvalue weighted by Gasteiger charge is 2.37. The minimum atomic E-state index is -0.253. The number of piperidine rings is 1. The van der Waals surface area contributed by atoms with Crippen molar-refractivity contribution in [3.05, 3.63) is 29.3 Å². The van der Waals surface area contributed by atoms with Crippen molar-refractivity contribution in [3.8, 4) is 5.75 Å². The van der Waals surface area contributed by atoms with E-state index in [0.29, 0.717) is 0 Å². The summed E-state index contributed by atoms with van der Waals surface area (Å²) in [6.07, 6.45) is 1.70. The minimum Gasteiger partial charge on any atom is -0.496 e. The van der Waals surface area contributed by atoms with E-state index in [4.69, 9.17) is 4.74 Å². The van der Waals surface area contributed by atoms with Gasteiger partial charge in [-0.05, 0) is 46.2 Å².